The molecule has 0 aromatic heterocycles. The molecule has 0 spiro atoms. The second-order valence-electron chi connectivity index (χ2n) is 0.353. The first-order chi connectivity index (χ1) is 2.81. The van der Waals surface area contributed by atoms with Gasteiger partial charge in [-0.25, -0.2) is 4.21 Å². The molecule has 38 valence electrons. The molecule has 1 nitrogen and oxygen atoms in total. The summed E-state index contributed by atoms with van der Waals surface area (Å²) in [5.74, 6) is 0. The number of thiol groups is 2. The Morgan fingerprint density at radius 3 is 1.67 bits per heavy atom. The van der Waals surface area contributed by atoms with E-state index in [1.54, 1.807) is 0 Å². The van der Waals surface area contributed by atoms with Gasteiger partial charge in [-0.15, -0.1) is 0 Å². The molecule has 0 saturated carbocycles. The summed E-state index contributed by atoms with van der Waals surface area (Å²) >= 11 is 7.28. The quantitative estimate of drug-likeness (QED) is 0.495. The number of hydrogen-bond acceptors (Lipinski definition) is 5. The predicted molar refractivity (Wildman–Crippen MR) is 41.3 cm³/mol. The van der Waals surface area contributed by atoms with Crippen molar-refractivity contribution in [1.29, 1.82) is 0 Å². The Balaban J connectivity index is 2.99. The molecule has 6 heteroatoms. The van der Waals surface area contributed by atoms with Crippen LogP contribution in [0, 0.1) is 0 Å². The highest BCUT2D eigenvalue weighted by Gasteiger charge is 1.88. The molecule has 0 bridgehead atoms. The van der Waals surface area contributed by atoms with Crippen LogP contribution in [0.2, 0.25) is 0 Å². The van der Waals surface area contributed by atoms with Crippen LogP contribution in [0.15, 0.2) is 0 Å². The Hall–Kier alpha value is 1.55. The van der Waals surface area contributed by atoms with E-state index in [1.165, 1.54) is 0 Å². The van der Waals surface area contributed by atoms with E-state index in [0.29, 0.717) is 0 Å². The van der Waals surface area contributed by atoms with E-state index in [4.69, 9.17) is 0 Å². The van der Waals surface area contributed by atoms with E-state index in [-0.39, 0.29) is 0 Å². The molecule has 0 amide bonds. The first kappa shape index (κ1) is 7.55. The van der Waals surface area contributed by atoms with Crippen LogP contribution in [0.1, 0.15) is 0 Å². The molecule has 0 aliphatic heterocycles. The summed E-state index contributed by atoms with van der Waals surface area (Å²) in [6.45, 7) is 0. The van der Waals surface area contributed by atoms with Crippen molar-refractivity contribution in [3.63, 3.8) is 0 Å². The van der Waals surface area contributed by atoms with Crippen LogP contribution in [0.4, 0.5) is 0 Å². The molecular weight excluding hydrogens is 176 g/mol. The Labute approximate surface area is 55.9 Å². The van der Waals surface area contributed by atoms with Crippen molar-refractivity contribution in [2.75, 3.05) is 0 Å². The average Bonchev–Trinajstić information content (AvgIpc) is 1.65. The maximum Gasteiger partial charge on any atom is 0.162 e. The first-order valence-electron chi connectivity index (χ1n) is 0.865. The normalized spacial score (nSPS) is 9.83. The summed E-state index contributed by atoms with van der Waals surface area (Å²) < 4.78 is 10.1. The van der Waals surface area contributed by atoms with E-state index in [1.807, 2.05) is 0 Å². The Morgan fingerprint density at radius 2 is 1.67 bits per heavy atom. The van der Waals surface area contributed by atoms with Crippen molar-refractivity contribution in [3.05, 3.63) is 0 Å². The molecule has 0 aliphatic carbocycles. The fourth-order valence-electron chi connectivity index (χ4n) is 0.0136. The standard InChI is InChI=1S/H2OS5/c1-6(4-2)5-3/h2-3H. The zero-order valence-corrected chi connectivity index (χ0v) is 6.77. The van der Waals surface area contributed by atoms with E-state index in [2.05, 4.69) is 23.3 Å². The number of rotatable bonds is 2. The predicted octanol–water partition coefficient (Wildman–Crippen LogP) is 1.72. The van der Waals surface area contributed by atoms with Crippen molar-refractivity contribution in [2.45, 2.75) is 0 Å². The summed E-state index contributed by atoms with van der Waals surface area (Å²) in [4.78, 5) is 0. The van der Waals surface area contributed by atoms with Crippen molar-refractivity contribution in [2.24, 2.45) is 0 Å². The van der Waals surface area contributed by atoms with Gasteiger partial charge in [-0.3, -0.25) is 0 Å². The van der Waals surface area contributed by atoms with Crippen LogP contribution in [-0.4, -0.2) is 4.21 Å². The van der Waals surface area contributed by atoms with E-state index in [0.717, 1.165) is 19.7 Å². The smallest absolute Gasteiger partial charge is 0.162 e. The highest BCUT2D eigenvalue weighted by molar-refractivity contribution is 9.27. The van der Waals surface area contributed by atoms with Gasteiger partial charge in [0.15, 0.2) is 8.86 Å². The molecule has 0 N–H and O–H groups in total. The minimum Gasteiger partial charge on any atom is -0.234 e. The Morgan fingerprint density at radius 1 is 1.33 bits per heavy atom. The van der Waals surface area contributed by atoms with E-state index in [9.17, 15) is 4.21 Å². The summed E-state index contributed by atoms with van der Waals surface area (Å²) in [7, 11) is 0.984. The fourth-order valence-corrected chi connectivity index (χ4v) is 3.31. The van der Waals surface area contributed by atoms with Crippen molar-refractivity contribution < 1.29 is 4.21 Å². The van der Waals surface area contributed by atoms with Gasteiger partial charge in [0, 0.05) is 19.7 Å². The van der Waals surface area contributed by atoms with Crippen LogP contribution in [0.25, 0.3) is 0 Å². The molecule has 0 heterocycles. The zero-order valence-electron chi connectivity index (χ0n) is 2.53. The van der Waals surface area contributed by atoms with Crippen LogP contribution in [0.3, 0.4) is 0 Å². The molecule has 0 unspecified atom stereocenters. The van der Waals surface area contributed by atoms with Crippen LogP contribution < -0.4 is 0 Å². The molecule has 0 saturated heterocycles. The van der Waals surface area contributed by atoms with Gasteiger partial charge in [0.25, 0.3) is 0 Å². The average molecular weight is 178 g/mol. The second-order valence-corrected chi connectivity index (χ2v) is 7.09. The third-order valence-electron chi connectivity index (χ3n) is 0.122. The monoisotopic (exact) mass is 178 g/mol. The summed E-state index contributed by atoms with van der Waals surface area (Å²) in [5.41, 5.74) is 0. The van der Waals surface area contributed by atoms with Gasteiger partial charge in [0.2, 0.25) is 0 Å². The molecule has 0 aromatic carbocycles. The topological polar surface area (TPSA) is 17.1 Å². The minimum atomic E-state index is -0.972. The third kappa shape index (κ3) is 3.73. The molecule has 0 fully saturated rings. The third-order valence-corrected chi connectivity index (χ3v) is 6.57. The maximum atomic E-state index is 10.1. The Bertz CT molecular complexity index is 41.9. The SMILES string of the molecule is O=S(SS)SS. The lowest BCUT2D eigenvalue weighted by atomic mass is 16.0. The van der Waals surface area contributed by atoms with Gasteiger partial charge >= 0.3 is 0 Å². The van der Waals surface area contributed by atoms with Gasteiger partial charge in [-0.1, -0.05) is 23.3 Å². The lowest BCUT2D eigenvalue weighted by Crippen LogP contribution is -1.55. The molecule has 0 aliphatic rings. The fraction of sp³-hybridized carbons (Fsp3) is 0. The second kappa shape index (κ2) is 4.70. The van der Waals surface area contributed by atoms with Gasteiger partial charge in [-0.2, -0.15) is 0 Å². The van der Waals surface area contributed by atoms with E-state index >= 15 is 0 Å². The summed E-state index contributed by atoms with van der Waals surface area (Å²) in [6, 6.07) is 0. The van der Waals surface area contributed by atoms with Gasteiger partial charge < -0.3 is 0 Å². The van der Waals surface area contributed by atoms with Crippen LogP contribution in [-0.2, 0) is 8.86 Å². The molecule has 0 rings (SSSR count). The van der Waals surface area contributed by atoms with Crippen molar-refractivity contribution >= 4 is 51.8 Å². The van der Waals surface area contributed by atoms with Gasteiger partial charge in [-0.05, 0) is 0 Å². The van der Waals surface area contributed by atoms with Crippen LogP contribution >= 0.6 is 43.0 Å². The lowest BCUT2D eigenvalue weighted by Gasteiger charge is -1.79. The molecule has 6 heavy (non-hydrogen) atoms. The van der Waals surface area contributed by atoms with Crippen molar-refractivity contribution in [3.8, 4) is 0 Å². The highest BCUT2D eigenvalue weighted by Crippen LogP contribution is 2.25. The summed E-state index contributed by atoms with van der Waals surface area (Å²) in [6.07, 6.45) is 0. The Kier molecular flexibility index (Phi) is 5.92. The molecule has 0 atom stereocenters. The molecule has 0 aromatic rings. The largest absolute Gasteiger partial charge is 0.234 e. The number of hydrogen-bond donors (Lipinski definition) is 2. The van der Waals surface area contributed by atoms with Gasteiger partial charge in [0.05, 0.1) is 0 Å². The zero-order chi connectivity index (χ0) is 4.99. The first-order valence-corrected chi connectivity index (χ1v) is 6.79. The summed E-state index contributed by atoms with van der Waals surface area (Å²) in [5, 5.41) is 0. The minimum absolute atomic E-state index is 0.972. The highest BCUT2D eigenvalue weighted by atomic mass is 33.8. The maximum absolute atomic E-state index is 10.1. The van der Waals surface area contributed by atoms with E-state index < -0.39 is 8.86 Å². The van der Waals surface area contributed by atoms with Crippen LogP contribution in [0.5, 0.6) is 0 Å². The molecule has 0 radical (unpaired) electrons. The molecular formula is H2OS5. The lowest BCUT2D eigenvalue weighted by molar-refractivity contribution is 0.699. The van der Waals surface area contributed by atoms with Crippen molar-refractivity contribution in [1.82, 2.24) is 0 Å². The van der Waals surface area contributed by atoms with Gasteiger partial charge in [0.1, 0.15) is 0 Å².